The molecule has 152 valence electrons. The van der Waals surface area contributed by atoms with Crippen molar-refractivity contribution in [1.82, 2.24) is 0 Å². The van der Waals surface area contributed by atoms with Gasteiger partial charge >= 0.3 is 0 Å². The molecule has 1 aliphatic heterocycles. The van der Waals surface area contributed by atoms with Gasteiger partial charge in [0.1, 0.15) is 4.08 Å². The van der Waals surface area contributed by atoms with Crippen LogP contribution in [0.1, 0.15) is 50.9 Å². The SMILES string of the molecule is c1cc2ccc1CCc1ccc3c(c1)C1(SCCCS1)c1cc(ccc1CC3)CC2. The van der Waals surface area contributed by atoms with Crippen molar-refractivity contribution < 1.29 is 0 Å². The summed E-state index contributed by atoms with van der Waals surface area (Å²) in [4.78, 5) is 0. The average molecular weight is 429 g/mol. The maximum atomic E-state index is 2.58. The fraction of sp³-hybridized carbons (Fsp3) is 0.357. The van der Waals surface area contributed by atoms with E-state index >= 15 is 0 Å². The Morgan fingerprint density at radius 1 is 0.500 bits per heavy atom. The minimum atomic E-state index is 0.0847. The molecule has 0 unspecified atom stereocenters. The van der Waals surface area contributed by atoms with Gasteiger partial charge in [0.2, 0.25) is 0 Å². The van der Waals surface area contributed by atoms with Crippen LogP contribution in [0.15, 0.2) is 60.7 Å². The first-order chi connectivity index (χ1) is 14.8. The molecule has 0 saturated carbocycles. The molecule has 7 rings (SSSR count). The molecule has 2 heteroatoms. The first-order valence-electron chi connectivity index (χ1n) is 11.4. The molecule has 0 atom stereocenters. The zero-order chi connectivity index (χ0) is 20.0. The van der Waals surface area contributed by atoms with Gasteiger partial charge in [-0.3, -0.25) is 0 Å². The van der Waals surface area contributed by atoms with Gasteiger partial charge in [0.25, 0.3) is 0 Å². The van der Waals surface area contributed by atoms with Crippen LogP contribution in [0, 0.1) is 0 Å². The van der Waals surface area contributed by atoms with Crippen LogP contribution in [0.5, 0.6) is 0 Å². The molecule has 1 heterocycles. The lowest BCUT2D eigenvalue weighted by molar-refractivity contribution is 0.924. The Labute approximate surface area is 188 Å². The van der Waals surface area contributed by atoms with Crippen LogP contribution in [0.2, 0.25) is 0 Å². The van der Waals surface area contributed by atoms with Crippen LogP contribution in [0.3, 0.4) is 0 Å². The van der Waals surface area contributed by atoms with Crippen LogP contribution in [-0.2, 0) is 42.6 Å². The maximum absolute atomic E-state index is 2.58. The second-order valence-corrected chi connectivity index (χ2v) is 11.8. The third kappa shape index (κ3) is 3.33. The maximum Gasteiger partial charge on any atom is 0.112 e. The summed E-state index contributed by atoms with van der Waals surface area (Å²) < 4.78 is 0.0847. The first kappa shape index (κ1) is 19.1. The number of rotatable bonds is 0. The highest BCUT2D eigenvalue weighted by atomic mass is 32.2. The lowest BCUT2D eigenvalue weighted by Crippen LogP contribution is -2.26. The summed E-state index contributed by atoms with van der Waals surface area (Å²) in [5, 5.41) is 0. The Hall–Kier alpha value is -1.64. The third-order valence-electron chi connectivity index (χ3n) is 7.05. The smallest absolute Gasteiger partial charge is 0.112 e. The molecule has 1 spiro atoms. The summed E-state index contributed by atoms with van der Waals surface area (Å²) >= 11 is 4.41. The number of fused-ring (bicyclic) bond motifs is 4. The number of hydrogen-bond donors (Lipinski definition) is 0. The Bertz CT molecular complexity index is 994. The van der Waals surface area contributed by atoms with Crippen molar-refractivity contribution in [3.8, 4) is 0 Å². The van der Waals surface area contributed by atoms with E-state index in [-0.39, 0.29) is 4.08 Å². The summed E-state index contributed by atoms with van der Waals surface area (Å²) in [7, 11) is 0. The average Bonchev–Trinajstić information content (AvgIpc) is 2.92. The van der Waals surface area contributed by atoms with Gasteiger partial charge in [0, 0.05) is 0 Å². The summed E-state index contributed by atoms with van der Waals surface area (Å²) in [5.41, 5.74) is 12.3. The first-order valence-corrected chi connectivity index (χ1v) is 13.4. The van der Waals surface area contributed by atoms with Crippen molar-refractivity contribution >= 4 is 23.5 Å². The summed E-state index contributed by atoms with van der Waals surface area (Å²) in [5.74, 6) is 2.54. The predicted molar refractivity (Wildman–Crippen MR) is 132 cm³/mol. The highest BCUT2D eigenvalue weighted by Gasteiger charge is 2.42. The summed E-state index contributed by atoms with van der Waals surface area (Å²) in [6.07, 6.45) is 8.19. The van der Waals surface area contributed by atoms with Gasteiger partial charge in [-0.2, -0.15) is 0 Å². The van der Waals surface area contributed by atoms with Crippen molar-refractivity contribution in [2.24, 2.45) is 0 Å². The van der Waals surface area contributed by atoms with E-state index in [1.54, 1.807) is 22.3 Å². The highest BCUT2D eigenvalue weighted by molar-refractivity contribution is 8.18. The molecule has 0 aromatic heterocycles. The van der Waals surface area contributed by atoms with E-state index in [4.69, 9.17) is 0 Å². The molecular formula is C28H28S2. The van der Waals surface area contributed by atoms with Gasteiger partial charge in [-0.05, 0) is 101 Å². The fourth-order valence-corrected chi connectivity index (χ4v) is 8.87. The summed E-state index contributed by atoms with van der Waals surface area (Å²) in [6.45, 7) is 0. The molecule has 6 bridgehead atoms. The quantitative estimate of drug-likeness (QED) is 0.389. The molecule has 1 fully saturated rings. The molecule has 4 aliphatic rings. The monoisotopic (exact) mass is 428 g/mol. The van der Waals surface area contributed by atoms with Crippen molar-refractivity contribution in [2.75, 3.05) is 11.5 Å². The number of benzene rings is 3. The minimum absolute atomic E-state index is 0.0847. The Kier molecular flexibility index (Phi) is 4.96. The molecule has 0 amide bonds. The second-order valence-electron chi connectivity index (χ2n) is 8.97. The van der Waals surface area contributed by atoms with Gasteiger partial charge in [0.15, 0.2) is 0 Å². The normalized spacial score (nSPS) is 19.5. The van der Waals surface area contributed by atoms with Crippen molar-refractivity contribution in [2.45, 2.75) is 49.0 Å². The van der Waals surface area contributed by atoms with E-state index in [2.05, 4.69) is 84.2 Å². The van der Waals surface area contributed by atoms with E-state index in [9.17, 15) is 0 Å². The van der Waals surface area contributed by atoms with Gasteiger partial charge in [0.05, 0.1) is 0 Å². The molecule has 3 aromatic rings. The predicted octanol–water partition coefficient (Wildman–Crippen LogP) is 6.74. The van der Waals surface area contributed by atoms with E-state index in [0.29, 0.717) is 0 Å². The second kappa shape index (κ2) is 7.80. The Morgan fingerprint density at radius 3 is 1.43 bits per heavy atom. The molecule has 1 saturated heterocycles. The highest BCUT2D eigenvalue weighted by Crippen LogP contribution is 2.58. The summed E-state index contributed by atoms with van der Waals surface area (Å²) in [6, 6.07) is 24.2. The molecule has 0 nitrogen and oxygen atoms in total. The Morgan fingerprint density at radius 2 is 0.933 bits per heavy atom. The van der Waals surface area contributed by atoms with Gasteiger partial charge in [-0.25, -0.2) is 0 Å². The van der Waals surface area contributed by atoms with Crippen LogP contribution in [0.4, 0.5) is 0 Å². The standard InChI is InChI=1S/C28H28S2/c1-16-29-28(30-17-1)26-18-22-8-6-20-2-3-21(5-4-20)7-9-23-11-13-25(27(28)19-23)15-14-24(26)12-10-22/h2-5,10-13,18-19H,1,6-9,14-17H2. The van der Waals surface area contributed by atoms with E-state index in [1.807, 2.05) is 0 Å². The number of aryl methyl sites for hydroxylation is 6. The lowest BCUT2D eigenvalue weighted by Gasteiger charge is -2.39. The lowest BCUT2D eigenvalue weighted by atomic mass is 9.94. The molecule has 30 heavy (non-hydrogen) atoms. The van der Waals surface area contributed by atoms with E-state index < -0.39 is 0 Å². The zero-order valence-electron chi connectivity index (χ0n) is 17.5. The van der Waals surface area contributed by atoms with Crippen molar-refractivity contribution in [3.05, 3.63) is 105 Å². The molecule has 3 aliphatic carbocycles. The van der Waals surface area contributed by atoms with Gasteiger partial charge in [-0.1, -0.05) is 60.7 Å². The van der Waals surface area contributed by atoms with Crippen LogP contribution in [-0.4, -0.2) is 11.5 Å². The largest absolute Gasteiger partial charge is 0.135 e. The van der Waals surface area contributed by atoms with Crippen molar-refractivity contribution in [3.63, 3.8) is 0 Å². The fourth-order valence-electron chi connectivity index (χ4n) is 5.31. The van der Waals surface area contributed by atoms with Crippen LogP contribution < -0.4 is 0 Å². The van der Waals surface area contributed by atoms with E-state index in [1.165, 1.54) is 53.0 Å². The number of hydrogen-bond acceptors (Lipinski definition) is 2. The van der Waals surface area contributed by atoms with Gasteiger partial charge < -0.3 is 0 Å². The molecule has 3 aromatic carbocycles. The van der Waals surface area contributed by atoms with Crippen LogP contribution in [0.25, 0.3) is 0 Å². The van der Waals surface area contributed by atoms with E-state index in [0.717, 1.165) is 25.7 Å². The van der Waals surface area contributed by atoms with Crippen LogP contribution >= 0.6 is 23.5 Å². The Balaban J connectivity index is 1.57. The minimum Gasteiger partial charge on any atom is -0.135 e. The number of thioether (sulfide) groups is 2. The molecule has 0 radical (unpaired) electrons. The molecular weight excluding hydrogens is 400 g/mol. The molecule has 0 N–H and O–H groups in total. The topological polar surface area (TPSA) is 0 Å². The van der Waals surface area contributed by atoms with Gasteiger partial charge in [-0.15, -0.1) is 23.5 Å². The van der Waals surface area contributed by atoms with Crippen molar-refractivity contribution in [1.29, 1.82) is 0 Å². The zero-order valence-corrected chi connectivity index (χ0v) is 19.1. The third-order valence-corrected chi connectivity index (χ3v) is 10.4.